The van der Waals surface area contributed by atoms with E-state index in [4.69, 9.17) is 10.5 Å². The standard InChI is InChI=1S/C20H21N5O2/c1-3-27-17-6-4-5-15(11-17)18-12-19(24-23-18)20(26)25-22-13(2)14-7-9-16(21)10-8-14/h4-12H,3,21H2,1-2H3,(H,23,24)(H,25,26). The van der Waals surface area contributed by atoms with Crippen molar-refractivity contribution in [3.8, 4) is 17.0 Å². The minimum Gasteiger partial charge on any atom is -0.494 e. The second kappa shape index (κ2) is 8.18. The number of H-pyrrole nitrogens is 1. The number of anilines is 1. The second-order valence-corrected chi connectivity index (χ2v) is 5.89. The lowest BCUT2D eigenvalue weighted by Gasteiger charge is -2.03. The lowest BCUT2D eigenvalue weighted by atomic mass is 10.1. The first-order chi connectivity index (χ1) is 13.1. The van der Waals surface area contributed by atoms with Crippen molar-refractivity contribution in [1.82, 2.24) is 15.6 Å². The Labute approximate surface area is 157 Å². The van der Waals surface area contributed by atoms with Gasteiger partial charge in [-0.3, -0.25) is 9.89 Å². The summed E-state index contributed by atoms with van der Waals surface area (Å²) in [6.45, 7) is 4.32. The minimum atomic E-state index is -0.371. The lowest BCUT2D eigenvalue weighted by Crippen LogP contribution is -2.19. The molecule has 2 aromatic carbocycles. The van der Waals surface area contributed by atoms with Gasteiger partial charge in [0, 0.05) is 11.3 Å². The largest absolute Gasteiger partial charge is 0.494 e. The Bertz CT molecular complexity index is 961. The number of ether oxygens (including phenoxy) is 1. The normalized spacial score (nSPS) is 11.3. The highest BCUT2D eigenvalue weighted by atomic mass is 16.5. The van der Waals surface area contributed by atoms with Crippen LogP contribution in [0.25, 0.3) is 11.3 Å². The van der Waals surface area contributed by atoms with E-state index in [1.165, 1.54) is 0 Å². The third-order valence-electron chi connectivity index (χ3n) is 3.92. The molecule has 1 aromatic heterocycles. The summed E-state index contributed by atoms with van der Waals surface area (Å²) in [7, 11) is 0. The van der Waals surface area contributed by atoms with Crippen molar-refractivity contribution in [3.63, 3.8) is 0 Å². The van der Waals surface area contributed by atoms with E-state index in [0.717, 1.165) is 16.9 Å². The molecule has 27 heavy (non-hydrogen) atoms. The zero-order chi connectivity index (χ0) is 19.2. The Balaban J connectivity index is 1.70. The number of aromatic nitrogens is 2. The number of carbonyl (C=O) groups is 1. The van der Waals surface area contributed by atoms with Crippen LogP contribution in [0.1, 0.15) is 29.9 Å². The van der Waals surface area contributed by atoms with E-state index in [2.05, 4.69) is 20.7 Å². The van der Waals surface area contributed by atoms with Gasteiger partial charge >= 0.3 is 0 Å². The molecule has 0 radical (unpaired) electrons. The van der Waals surface area contributed by atoms with Crippen LogP contribution in [0, 0.1) is 0 Å². The summed E-state index contributed by atoms with van der Waals surface area (Å²) in [5.41, 5.74) is 12.3. The van der Waals surface area contributed by atoms with Gasteiger partial charge in [-0.25, -0.2) is 5.43 Å². The number of nitrogens with one attached hydrogen (secondary N) is 2. The van der Waals surface area contributed by atoms with E-state index in [1.807, 2.05) is 50.2 Å². The fraction of sp³-hybridized carbons (Fsp3) is 0.150. The average molecular weight is 363 g/mol. The van der Waals surface area contributed by atoms with Gasteiger partial charge in [0.25, 0.3) is 5.91 Å². The monoisotopic (exact) mass is 363 g/mol. The molecule has 7 heteroatoms. The van der Waals surface area contributed by atoms with Crippen LogP contribution in [-0.2, 0) is 0 Å². The molecule has 0 saturated heterocycles. The van der Waals surface area contributed by atoms with Crippen molar-refractivity contribution in [2.75, 3.05) is 12.3 Å². The van der Waals surface area contributed by atoms with Gasteiger partial charge in [0.1, 0.15) is 11.4 Å². The third kappa shape index (κ3) is 4.52. The smallest absolute Gasteiger partial charge is 0.289 e. The number of benzene rings is 2. The summed E-state index contributed by atoms with van der Waals surface area (Å²) in [6, 6.07) is 16.5. The molecule has 0 aliphatic rings. The van der Waals surface area contributed by atoms with Crippen LogP contribution in [0.5, 0.6) is 5.75 Å². The molecular formula is C20H21N5O2. The van der Waals surface area contributed by atoms with E-state index in [1.54, 1.807) is 18.2 Å². The van der Waals surface area contributed by atoms with Gasteiger partial charge in [-0.15, -0.1) is 0 Å². The molecule has 0 bridgehead atoms. The van der Waals surface area contributed by atoms with E-state index in [-0.39, 0.29) is 5.91 Å². The van der Waals surface area contributed by atoms with Gasteiger partial charge in [-0.05, 0) is 49.7 Å². The number of hydrogen-bond donors (Lipinski definition) is 3. The highest BCUT2D eigenvalue weighted by molar-refractivity contribution is 6.00. The molecule has 7 nitrogen and oxygen atoms in total. The molecule has 0 fully saturated rings. The van der Waals surface area contributed by atoms with E-state index < -0.39 is 0 Å². The molecule has 4 N–H and O–H groups in total. The summed E-state index contributed by atoms with van der Waals surface area (Å²) in [6.07, 6.45) is 0. The van der Waals surface area contributed by atoms with Crippen LogP contribution in [0.3, 0.4) is 0 Å². The number of aromatic amines is 1. The van der Waals surface area contributed by atoms with Crippen molar-refractivity contribution in [3.05, 3.63) is 65.9 Å². The predicted molar refractivity (Wildman–Crippen MR) is 106 cm³/mol. The van der Waals surface area contributed by atoms with Gasteiger partial charge < -0.3 is 10.5 Å². The first-order valence-corrected chi connectivity index (χ1v) is 8.56. The fourth-order valence-electron chi connectivity index (χ4n) is 2.48. The molecular weight excluding hydrogens is 342 g/mol. The Morgan fingerprint density at radius 3 is 2.74 bits per heavy atom. The molecule has 3 aromatic rings. The van der Waals surface area contributed by atoms with Gasteiger partial charge in [0.2, 0.25) is 0 Å². The highest BCUT2D eigenvalue weighted by Gasteiger charge is 2.11. The molecule has 0 unspecified atom stereocenters. The van der Waals surface area contributed by atoms with Crippen molar-refractivity contribution >= 4 is 17.3 Å². The highest BCUT2D eigenvalue weighted by Crippen LogP contribution is 2.22. The zero-order valence-corrected chi connectivity index (χ0v) is 15.2. The second-order valence-electron chi connectivity index (χ2n) is 5.89. The number of carbonyl (C=O) groups excluding carboxylic acids is 1. The first-order valence-electron chi connectivity index (χ1n) is 8.56. The van der Waals surface area contributed by atoms with Crippen LogP contribution in [0.4, 0.5) is 5.69 Å². The van der Waals surface area contributed by atoms with Gasteiger partial charge in [-0.1, -0.05) is 24.3 Å². The summed E-state index contributed by atoms with van der Waals surface area (Å²) in [5.74, 6) is 0.386. The molecule has 3 rings (SSSR count). The number of nitrogen functional groups attached to an aromatic ring is 1. The van der Waals surface area contributed by atoms with Crippen molar-refractivity contribution in [1.29, 1.82) is 0 Å². The van der Waals surface area contributed by atoms with Crippen LogP contribution >= 0.6 is 0 Å². The zero-order valence-electron chi connectivity index (χ0n) is 15.2. The maximum absolute atomic E-state index is 12.3. The molecule has 1 amide bonds. The summed E-state index contributed by atoms with van der Waals surface area (Å²) in [5, 5.41) is 11.1. The quantitative estimate of drug-likeness (QED) is 0.355. The predicted octanol–water partition coefficient (Wildman–Crippen LogP) is 3.21. The number of nitrogens with zero attached hydrogens (tertiary/aromatic N) is 2. The number of hydrogen-bond acceptors (Lipinski definition) is 5. The summed E-state index contributed by atoms with van der Waals surface area (Å²) in [4.78, 5) is 12.3. The van der Waals surface area contributed by atoms with Crippen LogP contribution < -0.4 is 15.9 Å². The van der Waals surface area contributed by atoms with Crippen LogP contribution in [0.15, 0.2) is 59.7 Å². The Kier molecular flexibility index (Phi) is 5.51. The fourth-order valence-corrected chi connectivity index (χ4v) is 2.48. The molecule has 1 heterocycles. The maximum atomic E-state index is 12.3. The molecule has 0 atom stereocenters. The number of amides is 1. The number of rotatable bonds is 6. The van der Waals surface area contributed by atoms with E-state index in [9.17, 15) is 4.79 Å². The molecule has 0 saturated carbocycles. The van der Waals surface area contributed by atoms with Gasteiger partial charge in [-0.2, -0.15) is 10.2 Å². The first kappa shape index (κ1) is 18.2. The Morgan fingerprint density at radius 2 is 2.00 bits per heavy atom. The van der Waals surface area contributed by atoms with Crippen molar-refractivity contribution < 1.29 is 9.53 Å². The van der Waals surface area contributed by atoms with E-state index in [0.29, 0.717) is 29.4 Å². The Morgan fingerprint density at radius 1 is 1.22 bits per heavy atom. The van der Waals surface area contributed by atoms with Gasteiger partial charge in [0.15, 0.2) is 0 Å². The minimum absolute atomic E-state index is 0.320. The Hall–Kier alpha value is -3.61. The van der Waals surface area contributed by atoms with Crippen LogP contribution in [0.2, 0.25) is 0 Å². The molecule has 0 aliphatic carbocycles. The van der Waals surface area contributed by atoms with E-state index >= 15 is 0 Å². The van der Waals surface area contributed by atoms with Crippen molar-refractivity contribution in [2.45, 2.75) is 13.8 Å². The number of hydrazone groups is 1. The maximum Gasteiger partial charge on any atom is 0.289 e. The van der Waals surface area contributed by atoms with Gasteiger partial charge in [0.05, 0.1) is 18.0 Å². The molecule has 138 valence electrons. The lowest BCUT2D eigenvalue weighted by molar-refractivity contribution is 0.0950. The van der Waals surface area contributed by atoms with Crippen LogP contribution in [-0.4, -0.2) is 28.4 Å². The summed E-state index contributed by atoms with van der Waals surface area (Å²) >= 11 is 0. The average Bonchev–Trinajstić information content (AvgIpc) is 3.17. The van der Waals surface area contributed by atoms with Crippen molar-refractivity contribution in [2.24, 2.45) is 5.10 Å². The third-order valence-corrected chi connectivity index (χ3v) is 3.92. The summed E-state index contributed by atoms with van der Waals surface area (Å²) < 4.78 is 5.49. The molecule has 0 spiro atoms. The topological polar surface area (TPSA) is 105 Å². The number of nitrogens with two attached hydrogens (primary N) is 1. The SMILES string of the molecule is CCOc1cccc(-c2cc(C(=O)NN=C(C)c3ccc(N)cc3)[nH]n2)c1. The molecule has 0 aliphatic heterocycles.